The number of ketones is 1. The number of hydrogen-bond donors (Lipinski definition) is 2. The van der Waals surface area contributed by atoms with Gasteiger partial charge in [0.15, 0.2) is 6.17 Å². The molecule has 0 saturated heterocycles. The minimum Gasteiger partial charge on any atom is -0.359 e. The minimum atomic E-state index is -0.790. The van der Waals surface area contributed by atoms with Gasteiger partial charge in [-0.25, -0.2) is 0 Å². The Kier molecular flexibility index (Phi) is 4.94. The molecule has 0 saturated carbocycles. The number of nitrogens with one attached hydrogen (secondary N) is 2. The second-order valence-electron chi connectivity index (χ2n) is 5.33. The fourth-order valence-corrected chi connectivity index (χ4v) is 2.27. The molecule has 0 unspecified atom stereocenters. The molecule has 0 bridgehead atoms. The Hall–Kier alpha value is -2.62. The van der Waals surface area contributed by atoms with Gasteiger partial charge in [0, 0.05) is 18.2 Å². The first-order chi connectivity index (χ1) is 10.5. The van der Waals surface area contributed by atoms with Crippen LogP contribution in [0.15, 0.2) is 48.5 Å². The van der Waals surface area contributed by atoms with Crippen LogP contribution in [0.2, 0.25) is 0 Å². The fourth-order valence-electron chi connectivity index (χ4n) is 2.27. The normalized spacial score (nSPS) is 11.6. The van der Waals surface area contributed by atoms with E-state index in [1.54, 1.807) is 24.3 Å². The summed E-state index contributed by atoms with van der Waals surface area (Å²) in [6.45, 7) is 5.37. The number of rotatable bonds is 5. The van der Waals surface area contributed by atoms with E-state index in [2.05, 4.69) is 10.6 Å². The molecule has 4 heteroatoms. The molecule has 0 aliphatic carbocycles. The van der Waals surface area contributed by atoms with E-state index in [1.807, 2.05) is 38.1 Å². The van der Waals surface area contributed by atoms with E-state index in [9.17, 15) is 9.59 Å². The summed E-state index contributed by atoms with van der Waals surface area (Å²) in [5.41, 5.74) is 3.55. The van der Waals surface area contributed by atoms with Gasteiger partial charge >= 0.3 is 0 Å². The molecule has 1 atom stereocenters. The first kappa shape index (κ1) is 15.8. The lowest BCUT2D eigenvalue weighted by Crippen LogP contribution is -2.45. The van der Waals surface area contributed by atoms with E-state index in [4.69, 9.17) is 0 Å². The zero-order valence-corrected chi connectivity index (χ0v) is 13.0. The summed E-state index contributed by atoms with van der Waals surface area (Å²) in [5.74, 6) is -0.428. The first-order valence-corrected chi connectivity index (χ1v) is 7.17. The molecule has 22 heavy (non-hydrogen) atoms. The molecule has 1 amide bonds. The summed E-state index contributed by atoms with van der Waals surface area (Å²) >= 11 is 0. The van der Waals surface area contributed by atoms with E-state index in [0.717, 1.165) is 16.8 Å². The predicted molar refractivity (Wildman–Crippen MR) is 87.9 cm³/mol. The van der Waals surface area contributed by atoms with Crippen LogP contribution in [0.4, 0.5) is 5.69 Å². The molecular weight excluding hydrogens is 276 g/mol. The smallest absolute Gasteiger partial charge is 0.218 e. The highest BCUT2D eigenvalue weighted by molar-refractivity contribution is 6.03. The van der Waals surface area contributed by atoms with Gasteiger partial charge < -0.3 is 10.6 Å². The second-order valence-corrected chi connectivity index (χ2v) is 5.33. The number of amides is 1. The number of benzene rings is 2. The summed E-state index contributed by atoms with van der Waals surface area (Å²) in [4.78, 5) is 24.0. The molecule has 0 aliphatic rings. The van der Waals surface area contributed by atoms with Crippen molar-refractivity contribution < 1.29 is 9.59 Å². The lowest BCUT2D eigenvalue weighted by molar-refractivity contribution is -0.119. The van der Waals surface area contributed by atoms with Crippen molar-refractivity contribution in [1.82, 2.24) is 5.32 Å². The van der Waals surface area contributed by atoms with Crippen LogP contribution in [-0.2, 0) is 4.79 Å². The van der Waals surface area contributed by atoms with Gasteiger partial charge in [-0.3, -0.25) is 9.59 Å². The quantitative estimate of drug-likeness (QED) is 0.658. The lowest BCUT2D eigenvalue weighted by Gasteiger charge is -2.21. The molecular formula is C18H20N2O2. The molecule has 0 aliphatic heterocycles. The highest BCUT2D eigenvalue weighted by atomic mass is 16.2. The summed E-state index contributed by atoms with van der Waals surface area (Å²) in [5, 5.41) is 5.79. The molecule has 0 fully saturated rings. The molecule has 2 aromatic rings. The highest BCUT2D eigenvalue weighted by Gasteiger charge is 2.21. The van der Waals surface area contributed by atoms with E-state index < -0.39 is 6.17 Å². The van der Waals surface area contributed by atoms with Crippen LogP contribution in [0.3, 0.4) is 0 Å². The molecule has 0 radical (unpaired) electrons. The van der Waals surface area contributed by atoms with Crippen LogP contribution in [0, 0.1) is 13.8 Å². The van der Waals surface area contributed by atoms with Crippen LogP contribution in [0.1, 0.15) is 28.4 Å². The SMILES string of the molecule is CC(=O)N[C@@H](Nc1ccc(C)cc1C)C(=O)c1ccccc1. The Morgan fingerprint density at radius 1 is 1.00 bits per heavy atom. The van der Waals surface area contributed by atoms with Crippen molar-refractivity contribution in [3.05, 3.63) is 65.2 Å². The molecule has 4 nitrogen and oxygen atoms in total. The molecule has 0 aromatic heterocycles. The van der Waals surface area contributed by atoms with Crippen molar-refractivity contribution in [2.45, 2.75) is 26.9 Å². The highest BCUT2D eigenvalue weighted by Crippen LogP contribution is 2.17. The maximum absolute atomic E-state index is 12.6. The van der Waals surface area contributed by atoms with Gasteiger partial charge in [0.25, 0.3) is 0 Å². The molecule has 2 N–H and O–H groups in total. The summed E-state index contributed by atoms with van der Waals surface area (Å²) in [6.07, 6.45) is -0.790. The number of aryl methyl sites for hydroxylation is 2. The van der Waals surface area contributed by atoms with Crippen LogP contribution < -0.4 is 10.6 Å². The molecule has 114 valence electrons. The lowest BCUT2D eigenvalue weighted by atomic mass is 10.1. The standard InChI is InChI=1S/C18H20N2O2/c1-12-9-10-16(13(2)11-12)20-18(19-14(3)21)17(22)15-7-5-4-6-8-15/h4-11,18,20H,1-3H3,(H,19,21)/t18-/m0/s1. The summed E-state index contributed by atoms with van der Waals surface area (Å²) < 4.78 is 0. The average Bonchev–Trinajstić information content (AvgIpc) is 2.49. The summed E-state index contributed by atoms with van der Waals surface area (Å²) in [6, 6.07) is 14.8. The van der Waals surface area contributed by atoms with Gasteiger partial charge in [0.2, 0.25) is 11.7 Å². The van der Waals surface area contributed by atoms with Crippen molar-refractivity contribution in [1.29, 1.82) is 0 Å². The van der Waals surface area contributed by atoms with E-state index in [-0.39, 0.29) is 11.7 Å². The van der Waals surface area contributed by atoms with Gasteiger partial charge in [-0.1, -0.05) is 48.0 Å². The molecule has 2 rings (SSSR count). The summed E-state index contributed by atoms with van der Waals surface area (Å²) in [7, 11) is 0. The molecule has 0 spiro atoms. The molecule has 0 heterocycles. The third-order valence-corrected chi connectivity index (χ3v) is 3.35. The van der Waals surface area contributed by atoms with E-state index in [0.29, 0.717) is 5.56 Å². The Balaban J connectivity index is 2.26. The van der Waals surface area contributed by atoms with Crippen molar-refractivity contribution in [3.63, 3.8) is 0 Å². The zero-order chi connectivity index (χ0) is 16.1. The number of anilines is 1. The third-order valence-electron chi connectivity index (χ3n) is 3.35. The topological polar surface area (TPSA) is 58.2 Å². The van der Waals surface area contributed by atoms with Crippen LogP contribution in [0.5, 0.6) is 0 Å². The largest absolute Gasteiger partial charge is 0.359 e. The maximum atomic E-state index is 12.6. The Labute approximate surface area is 130 Å². The zero-order valence-electron chi connectivity index (χ0n) is 13.0. The first-order valence-electron chi connectivity index (χ1n) is 7.17. The predicted octanol–water partition coefficient (Wildman–Crippen LogP) is 3.06. The molecule has 2 aromatic carbocycles. The number of Topliss-reactive ketones (excluding diaryl/α,β-unsaturated/α-hetero) is 1. The van der Waals surface area contributed by atoms with Gasteiger partial charge in [-0.2, -0.15) is 0 Å². The van der Waals surface area contributed by atoms with Crippen LogP contribution in [0.25, 0.3) is 0 Å². The fraction of sp³-hybridized carbons (Fsp3) is 0.222. The number of hydrogen-bond acceptors (Lipinski definition) is 3. The van der Waals surface area contributed by atoms with Crippen molar-refractivity contribution >= 4 is 17.4 Å². The van der Waals surface area contributed by atoms with E-state index >= 15 is 0 Å². The third kappa shape index (κ3) is 3.95. The monoisotopic (exact) mass is 296 g/mol. The van der Waals surface area contributed by atoms with E-state index in [1.165, 1.54) is 6.92 Å². The maximum Gasteiger partial charge on any atom is 0.218 e. The van der Waals surface area contributed by atoms with Crippen molar-refractivity contribution in [3.8, 4) is 0 Å². The van der Waals surface area contributed by atoms with Crippen molar-refractivity contribution in [2.24, 2.45) is 0 Å². The minimum absolute atomic E-state index is 0.171. The van der Waals surface area contributed by atoms with Gasteiger partial charge in [-0.15, -0.1) is 0 Å². The van der Waals surface area contributed by atoms with Crippen LogP contribution >= 0.6 is 0 Å². The Morgan fingerprint density at radius 3 is 2.27 bits per heavy atom. The number of carbonyl (C=O) groups is 2. The van der Waals surface area contributed by atoms with Crippen LogP contribution in [-0.4, -0.2) is 17.9 Å². The van der Waals surface area contributed by atoms with Crippen molar-refractivity contribution in [2.75, 3.05) is 5.32 Å². The second kappa shape index (κ2) is 6.89. The van der Waals surface area contributed by atoms with Gasteiger partial charge in [-0.05, 0) is 25.5 Å². The van der Waals surface area contributed by atoms with Gasteiger partial charge in [0.1, 0.15) is 0 Å². The Bertz CT molecular complexity index is 681. The Morgan fingerprint density at radius 2 is 1.68 bits per heavy atom. The van der Waals surface area contributed by atoms with Gasteiger partial charge in [0.05, 0.1) is 0 Å². The number of carbonyl (C=O) groups excluding carboxylic acids is 2. The average molecular weight is 296 g/mol.